The predicted molar refractivity (Wildman–Crippen MR) is 152 cm³/mol. The molecule has 8 nitrogen and oxygen atoms in total. The first kappa shape index (κ1) is 31.0. The lowest BCUT2D eigenvalue weighted by Crippen LogP contribution is -2.60. The van der Waals surface area contributed by atoms with E-state index in [1.807, 2.05) is 13.8 Å². The highest BCUT2D eigenvalue weighted by molar-refractivity contribution is 9.10. The van der Waals surface area contributed by atoms with E-state index >= 15 is 0 Å². The van der Waals surface area contributed by atoms with E-state index in [9.17, 15) is 14.4 Å². The third kappa shape index (κ3) is 11.0. The van der Waals surface area contributed by atoms with Crippen LogP contribution in [0.3, 0.4) is 0 Å². The summed E-state index contributed by atoms with van der Waals surface area (Å²) in [5, 5.41) is 5.54. The number of rotatable bonds is 14. The summed E-state index contributed by atoms with van der Waals surface area (Å²) in [6.45, 7) is 7.02. The summed E-state index contributed by atoms with van der Waals surface area (Å²) in [5.74, 6) is -0.804. The number of hydrogen-bond acceptors (Lipinski definition) is 6. The number of halogens is 1. The van der Waals surface area contributed by atoms with Crippen LogP contribution >= 0.6 is 28.1 Å². The van der Waals surface area contributed by atoms with Gasteiger partial charge in [-0.1, -0.05) is 67.8 Å². The molecule has 1 fully saturated rings. The number of carbonyl (C=O) groups excluding carboxylic acids is 3. The molecular weight excluding hydrogens is 558 g/mol. The molecule has 0 spiro atoms. The van der Waals surface area contributed by atoms with Crippen molar-refractivity contribution in [1.82, 2.24) is 15.5 Å². The monoisotopic (exact) mass is 597 g/mol. The fourth-order valence-electron chi connectivity index (χ4n) is 4.07. The number of thiocarbonyl (C=S) groups is 1. The second-order valence-electron chi connectivity index (χ2n) is 9.47. The van der Waals surface area contributed by atoms with Gasteiger partial charge >= 0.3 is 5.97 Å². The third-order valence-electron chi connectivity index (χ3n) is 5.98. The molecule has 0 saturated carbocycles. The van der Waals surface area contributed by atoms with Gasteiger partial charge in [0.05, 0.1) is 24.7 Å². The molecule has 1 unspecified atom stereocenters. The van der Waals surface area contributed by atoms with E-state index in [4.69, 9.17) is 21.7 Å². The van der Waals surface area contributed by atoms with Crippen LogP contribution in [0, 0.1) is 0 Å². The van der Waals surface area contributed by atoms with Crippen molar-refractivity contribution in [3.8, 4) is 5.75 Å². The van der Waals surface area contributed by atoms with Gasteiger partial charge in [0.25, 0.3) is 5.91 Å². The average Bonchev–Trinajstić information content (AvgIpc) is 2.85. The number of esters is 1. The summed E-state index contributed by atoms with van der Waals surface area (Å²) in [6.07, 6.45) is 8.97. The van der Waals surface area contributed by atoms with Crippen molar-refractivity contribution in [1.29, 1.82) is 0 Å². The quantitative estimate of drug-likeness (QED) is 0.174. The first-order valence-electron chi connectivity index (χ1n) is 13.2. The molecule has 2 N–H and O–H groups in total. The van der Waals surface area contributed by atoms with Gasteiger partial charge in [0.15, 0.2) is 5.11 Å². The first-order chi connectivity index (χ1) is 17.7. The second-order valence-corrected chi connectivity index (χ2v) is 10.8. The molecule has 2 rings (SSSR count). The Labute approximate surface area is 234 Å². The number of piperazine rings is 1. The van der Waals surface area contributed by atoms with Crippen LogP contribution in [-0.4, -0.2) is 59.6 Å². The van der Waals surface area contributed by atoms with Gasteiger partial charge in [0, 0.05) is 17.6 Å². The molecule has 1 heterocycles. The molecule has 10 heteroatoms. The molecule has 1 aliphatic rings. The molecule has 0 aliphatic carbocycles. The maximum atomic E-state index is 13.0. The van der Waals surface area contributed by atoms with Crippen LogP contribution in [0.2, 0.25) is 0 Å². The van der Waals surface area contributed by atoms with E-state index in [-0.39, 0.29) is 23.5 Å². The van der Waals surface area contributed by atoms with Crippen molar-refractivity contribution < 1.29 is 23.9 Å². The van der Waals surface area contributed by atoms with Crippen molar-refractivity contribution in [3.05, 3.63) is 28.2 Å². The van der Waals surface area contributed by atoms with Gasteiger partial charge in [-0.3, -0.25) is 19.7 Å². The molecule has 1 aliphatic heterocycles. The van der Waals surface area contributed by atoms with Crippen molar-refractivity contribution in [2.24, 2.45) is 0 Å². The predicted octanol–water partition coefficient (Wildman–Crippen LogP) is 5.13. The van der Waals surface area contributed by atoms with Gasteiger partial charge < -0.3 is 19.7 Å². The summed E-state index contributed by atoms with van der Waals surface area (Å²) in [6, 6.07) is 4.30. The highest BCUT2D eigenvalue weighted by Gasteiger charge is 2.34. The van der Waals surface area contributed by atoms with E-state index in [2.05, 4.69) is 33.5 Å². The zero-order valence-corrected chi connectivity index (χ0v) is 24.5. The molecular formula is C27H40BrN3O5S. The third-order valence-corrected chi connectivity index (χ3v) is 6.81. The Bertz CT molecular complexity index is 927. The van der Waals surface area contributed by atoms with Gasteiger partial charge in [0.1, 0.15) is 11.8 Å². The fraction of sp³-hybridized carbons (Fsp3) is 0.630. The van der Waals surface area contributed by atoms with Crippen molar-refractivity contribution >= 4 is 51.0 Å². The van der Waals surface area contributed by atoms with Crippen LogP contribution in [0.1, 0.15) is 88.9 Å². The van der Waals surface area contributed by atoms with Crippen LogP contribution in [0.25, 0.3) is 0 Å². The minimum Gasteiger partial charge on any atom is -0.490 e. The molecule has 1 aromatic carbocycles. The number of unbranched alkanes of at least 4 members (excludes halogenated alkanes) is 7. The van der Waals surface area contributed by atoms with Crippen LogP contribution in [0.5, 0.6) is 5.75 Å². The number of benzene rings is 1. The SMILES string of the molecule is CCCCCCCCCCOC(=O)CC1C(=O)NCCN1C(=S)NC(=O)c1cc(Br)ccc1OC(C)C. The van der Waals surface area contributed by atoms with Crippen LogP contribution < -0.4 is 15.4 Å². The van der Waals surface area contributed by atoms with E-state index in [0.717, 1.165) is 19.3 Å². The Morgan fingerprint density at radius 2 is 1.84 bits per heavy atom. The van der Waals surface area contributed by atoms with E-state index in [1.165, 1.54) is 32.1 Å². The molecule has 0 radical (unpaired) electrons. The summed E-state index contributed by atoms with van der Waals surface area (Å²) in [4.78, 5) is 39.7. The molecule has 206 valence electrons. The minimum atomic E-state index is -0.846. The summed E-state index contributed by atoms with van der Waals surface area (Å²) < 4.78 is 11.9. The van der Waals surface area contributed by atoms with Gasteiger partial charge in [0.2, 0.25) is 5.91 Å². The zero-order valence-electron chi connectivity index (χ0n) is 22.1. The van der Waals surface area contributed by atoms with Gasteiger partial charge in [-0.05, 0) is 50.7 Å². The highest BCUT2D eigenvalue weighted by Crippen LogP contribution is 2.24. The lowest BCUT2D eigenvalue weighted by Gasteiger charge is -2.36. The highest BCUT2D eigenvalue weighted by atomic mass is 79.9. The average molecular weight is 599 g/mol. The molecule has 1 aromatic rings. The first-order valence-corrected chi connectivity index (χ1v) is 14.4. The minimum absolute atomic E-state index is 0.0798. The largest absolute Gasteiger partial charge is 0.490 e. The standard InChI is InChI=1S/C27H40BrN3O5S/c1-4-5-6-7-8-9-10-11-16-35-24(32)18-22-26(34)29-14-15-31(22)27(37)30-25(33)21-17-20(28)12-13-23(21)36-19(2)3/h12-13,17,19,22H,4-11,14-16,18H2,1-3H3,(H,29,34)(H,30,33,37). The van der Waals surface area contributed by atoms with Gasteiger partial charge in [-0.15, -0.1) is 0 Å². The van der Waals surface area contributed by atoms with Crippen LogP contribution in [0.4, 0.5) is 0 Å². The zero-order chi connectivity index (χ0) is 27.2. The molecule has 0 aromatic heterocycles. The van der Waals surface area contributed by atoms with E-state index in [0.29, 0.717) is 35.5 Å². The Balaban J connectivity index is 1.88. The van der Waals surface area contributed by atoms with Gasteiger partial charge in [-0.25, -0.2) is 0 Å². The van der Waals surface area contributed by atoms with Crippen molar-refractivity contribution in [3.63, 3.8) is 0 Å². The number of carbonyl (C=O) groups is 3. The molecule has 1 atom stereocenters. The van der Waals surface area contributed by atoms with E-state index in [1.54, 1.807) is 23.1 Å². The van der Waals surface area contributed by atoms with Crippen molar-refractivity contribution in [2.75, 3.05) is 19.7 Å². The fourth-order valence-corrected chi connectivity index (χ4v) is 4.74. The van der Waals surface area contributed by atoms with Gasteiger partial charge in [-0.2, -0.15) is 0 Å². The molecule has 1 saturated heterocycles. The lowest BCUT2D eigenvalue weighted by atomic mass is 10.1. The van der Waals surface area contributed by atoms with E-state index < -0.39 is 17.9 Å². The number of amides is 2. The summed E-state index contributed by atoms with van der Waals surface area (Å²) >= 11 is 8.86. The number of nitrogens with one attached hydrogen (secondary N) is 2. The topological polar surface area (TPSA) is 97.0 Å². The maximum Gasteiger partial charge on any atom is 0.308 e. The molecule has 37 heavy (non-hydrogen) atoms. The van der Waals surface area contributed by atoms with Crippen molar-refractivity contribution in [2.45, 2.75) is 90.7 Å². The Morgan fingerprint density at radius 3 is 2.51 bits per heavy atom. The molecule has 2 amide bonds. The summed E-state index contributed by atoms with van der Waals surface area (Å²) in [7, 11) is 0. The smallest absolute Gasteiger partial charge is 0.308 e. The Hall–Kier alpha value is -2.20. The summed E-state index contributed by atoms with van der Waals surface area (Å²) in [5.41, 5.74) is 0.313. The molecule has 0 bridgehead atoms. The van der Waals surface area contributed by atoms with Crippen LogP contribution in [-0.2, 0) is 14.3 Å². The van der Waals surface area contributed by atoms with Crippen LogP contribution in [0.15, 0.2) is 22.7 Å². The second kappa shape index (κ2) is 16.6. The lowest BCUT2D eigenvalue weighted by molar-refractivity contribution is -0.147. The maximum absolute atomic E-state index is 13.0. The number of hydrogen-bond donors (Lipinski definition) is 2. The normalized spacial score (nSPS) is 15.3. The Kier molecular flexibility index (Phi) is 13.9. The number of ether oxygens (including phenoxy) is 2. The number of nitrogens with zero attached hydrogens (tertiary/aromatic N) is 1. The Morgan fingerprint density at radius 1 is 1.16 bits per heavy atom.